The molecule has 0 aliphatic rings. The van der Waals surface area contributed by atoms with Crippen molar-refractivity contribution < 1.29 is 27.1 Å². The van der Waals surface area contributed by atoms with E-state index in [4.69, 9.17) is 9.15 Å². The summed E-state index contributed by atoms with van der Waals surface area (Å²) in [6, 6.07) is 18.4. The number of benzene rings is 3. The molecule has 0 saturated carbocycles. The molecule has 0 unspecified atom stereocenters. The molecule has 1 amide bonds. The molecule has 4 rings (SSSR count). The third kappa shape index (κ3) is 4.34. The van der Waals surface area contributed by atoms with Crippen molar-refractivity contribution in [3.8, 4) is 28.5 Å². The van der Waals surface area contributed by atoms with Crippen molar-refractivity contribution in [3.05, 3.63) is 90.1 Å². The van der Waals surface area contributed by atoms with Gasteiger partial charge in [0.05, 0.1) is 30.1 Å². The largest absolute Gasteiger partial charge is 0.497 e. The quantitative estimate of drug-likeness (QED) is 0.398. The van der Waals surface area contributed by atoms with E-state index >= 15 is 0 Å². The highest BCUT2D eigenvalue weighted by Crippen LogP contribution is 2.35. The van der Waals surface area contributed by atoms with Crippen LogP contribution in [-0.4, -0.2) is 18.0 Å². The molecule has 4 aromatic rings. The van der Waals surface area contributed by atoms with Gasteiger partial charge in [0.2, 0.25) is 5.89 Å². The molecule has 0 aliphatic carbocycles. The number of alkyl halides is 3. The number of aromatic nitrogens is 1. The van der Waals surface area contributed by atoms with Crippen molar-refractivity contribution >= 4 is 11.6 Å². The number of hydrogen-bond donors (Lipinski definition) is 1. The number of hydrogen-bond acceptors (Lipinski definition) is 4. The van der Waals surface area contributed by atoms with Gasteiger partial charge in [-0.3, -0.25) is 4.79 Å². The maximum Gasteiger partial charge on any atom is 0.418 e. The Balaban J connectivity index is 1.66. The first-order valence-electron chi connectivity index (χ1n) is 9.54. The van der Waals surface area contributed by atoms with E-state index in [1.54, 1.807) is 43.5 Å². The van der Waals surface area contributed by atoms with Gasteiger partial charge in [0.1, 0.15) is 5.75 Å². The zero-order valence-electron chi connectivity index (χ0n) is 16.8. The summed E-state index contributed by atoms with van der Waals surface area (Å²) >= 11 is 0. The summed E-state index contributed by atoms with van der Waals surface area (Å²) in [7, 11) is 1.55. The Hall–Kier alpha value is -4.07. The summed E-state index contributed by atoms with van der Waals surface area (Å²) < 4.78 is 50.9. The van der Waals surface area contributed by atoms with Crippen LogP contribution in [0.25, 0.3) is 22.8 Å². The monoisotopic (exact) mass is 438 g/mol. The minimum Gasteiger partial charge on any atom is -0.497 e. The van der Waals surface area contributed by atoms with E-state index in [1.165, 1.54) is 30.5 Å². The van der Waals surface area contributed by atoms with Gasteiger partial charge in [0, 0.05) is 11.1 Å². The maximum absolute atomic E-state index is 13.3. The van der Waals surface area contributed by atoms with Crippen LogP contribution in [0.1, 0.15) is 15.9 Å². The number of carbonyl (C=O) groups excluding carboxylic acids is 1. The molecule has 1 N–H and O–H groups in total. The number of ether oxygens (including phenoxy) is 1. The molecule has 1 heterocycles. The summed E-state index contributed by atoms with van der Waals surface area (Å²) in [5.41, 5.74) is -0.0529. The topological polar surface area (TPSA) is 64.4 Å². The van der Waals surface area contributed by atoms with Crippen LogP contribution in [0.3, 0.4) is 0 Å². The average Bonchev–Trinajstić information content (AvgIpc) is 3.29. The molecule has 5 nitrogen and oxygen atoms in total. The van der Waals surface area contributed by atoms with E-state index in [2.05, 4.69) is 10.3 Å². The van der Waals surface area contributed by atoms with E-state index in [9.17, 15) is 18.0 Å². The van der Waals surface area contributed by atoms with E-state index in [-0.39, 0.29) is 17.1 Å². The number of oxazole rings is 1. The van der Waals surface area contributed by atoms with Gasteiger partial charge in [0.25, 0.3) is 5.91 Å². The molecule has 8 heteroatoms. The van der Waals surface area contributed by atoms with E-state index < -0.39 is 17.6 Å². The number of halogens is 3. The smallest absolute Gasteiger partial charge is 0.418 e. The fourth-order valence-corrected chi connectivity index (χ4v) is 3.21. The minimum atomic E-state index is -4.60. The number of anilines is 1. The van der Waals surface area contributed by atoms with Crippen molar-refractivity contribution in [3.63, 3.8) is 0 Å². The third-order valence-corrected chi connectivity index (χ3v) is 4.74. The van der Waals surface area contributed by atoms with Crippen LogP contribution >= 0.6 is 0 Å². The van der Waals surface area contributed by atoms with Crippen molar-refractivity contribution in [1.29, 1.82) is 0 Å². The van der Waals surface area contributed by atoms with Crippen LogP contribution in [0.5, 0.6) is 5.75 Å². The number of nitrogens with zero attached hydrogens (tertiary/aromatic N) is 1. The molecule has 0 aliphatic heterocycles. The summed E-state index contributed by atoms with van der Waals surface area (Å²) in [5.74, 6) is 0.552. The van der Waals surface area contributed by atoms with E-state index in [1.807, 2.05) is 6.07 Å². The first kappa shape index (κ1) is 21.2. The highest BCUT2D eigenvalue weighted by Gasteiger charge is 2.33. The summed E-state index contributed by atoms with van der Waals surface area (Å²) in [6.07, 6.45) is -3.09. The zero-order chi connectivity index (χ0) is 22.7. The Morgan fingerprint density at radius 1 is 1.00 bits per heavy atom. The van der Waals surface area contributed by atoms with Gasteiger partial charge in [-0.25, -0.2) is 4.98 Å². The van der Waals surface area contributed by atoms with Crippen LogP contribution in [0, 0.1) is 0 Å². The van der Waals surface area contributed by atoms with Crippen LogP contribution in [-0.2, 0) is 6.18 Å². The molecule has 0 radical (unpaired) electrons. The van der Waals surface area contributed by atoms with Crippen molar-refractivity contribution in [2.45, 2.75) is 6.18 Å². The second-order valence-corrected chi connectivity index (χ2v) is 6.80. The fourth-order valence-electron chi connectivity index (χ4n) is 3.21. The summed E-state index contributed by atoms with van der Waals surface area (Å²) in [6.45, 7) is 0. The number of nitrogens with one attached hydrogen (secondary N) is 1. The molecular weight excluding hydrogens is 421 g/mol. The number of methoxy groups -OCH3 is 1. The molecule has 0 bridgehead atoms. The third-order valence-electron chi connectivity index (χ3n) is 4.74. The average molecular weight is 438 g/mol. The molecule has 162 valence electrons. The highest BCUT2D eigenvalue weighted by molar-refractivity contribution is 6.08. The first-order valence-corrected chi connectivity index (χ1v) is 9.54. The van der Waals surface area contributed by atoms with Gasteiger partial charge in [-0.1, -0.05) is 36.4 Å². The SMILES string of the molecule is COc1cccc(-c2cnc(-c3ccccc3C(=O)Nc3ccccc3C(F)(F)F)o2)c1. The second-order valence-electron chi connectivity index (χ2n) is 6.80. The molecule has 0 fully saturated rings. The van der Waals surface area contributed by atoms with Gasteiger partial charge in [-0.15, -0.1) is 0 Å². The number of carbonyl (C=O) groups is 1. The lowest BCUT2D eigenvalue weighted by Crippen LogP contribution is -2.17. The minimum absolute atomic E-state index is 0.128. The first-order chi connectivity index (χ1) is 15.4. The summed E-state index contributed by atoms with van der Waals surface area (Å²) in [4.78, 5) is 17.1. The Morgan fingerprint density at radius 2 is 1.75 bits per heavy atom. The lowest BCUT2D eigenvalue weighted by Gasteiger charge is -2.14. The van der Waals surface area contributed by atoms with E-state index in [0.29, 0.717) is 17.1 Å². The molecule has 0 atom stereocenters. The molecule has 32 heavy (non-hydrogen) atoms. The summed E-state index contributed by atoms with van der Waals surface area (Å²) in [5, 5.41) is 2.35. The van der Waals surface area contributed by atoms with Gasteiger partial charge >= 0.3 is 6.18 Å². The fraction of sp³-hybridized carbons (Fsp3) is 0.0833. The second kappa shape index (κ2) is 8.58. The Kier molecular flexibility index (Phi) is 5.68. The van der Waals surface area contributed by atoms with Crippen LogP contribution in [0.15, 0.2) is 83.4 Å². The van der Waals surface area contributed by atoms with Crippen molar-refractivity contribution in [2.24, 2.45) is 0 Å². The maximum atomic E-state index is 13.3. The number of para-hydroxylation sites is 1. The zero-order valence-corrected chi connectivity index (χ0v) is 16.8. The number of rotatable bonds is 5. The Morgan fingerprint density at radius 3 is 2.53 bits per heavy atom. The predicted molar refractivity (Wildman–Crippen MR) is 113 cm³/mol. The molecule has 3 aromatic carbocycles. The van der Waals surface area contributed by atoms with Gasteiger partial charge in [-0.05, 0) is 36.4 Å². The van der Waals surface area contributed by atoms with Gasteiger partial charge < -0.3 is 14.5 Å². The number of amides is 1. The molecule has 0 saturated heterocycles. The standard InChI is InChI=1S/C24H17F3N2O3/c1-31-16-8-6-7-15(13-16)21-14-28-23(32-21)18-10-3-2-9-17(18)22(30)29-20-12-5-4-11-19(20)24(25,26)27/h2-14H,1H3,(H,29,30). The normalized spacial score (nSPS) is 11.2. The van der Waals surface area contributed by atoms with Gasteiger partial charge in [0.15, 0.2) is 5.76 Å². The highest BCUT2D eigenvalue weighted by atomic mass is 19.4. The lowest BCUT2D eigenvalue weighted by molar-refractivity contribution is -0.136. The van der Waals surface area contributed by atoms with Crippen molar-refractivity contribution in [1.82, 2.24) is 4.98 Å². The van der Waals surface area contributed by atoms with Crippen LogP contribution < -0.4 is 10.1 Å². The van der Waals surface area contributed by atoms with Crippen LogP contribution in [0.4, 0.5) is 18.9 Å². The molecule has 1 aromatic heterocycles. The van der Waals surface area contributed by atoms with Crippen molar-refractivity contribution in [2.75, 3.05) is 12.4 Å². The lowest BCUT2D eigenvalue weighted by atomic mass is 10.1. The molecule has 0 spiro atoms. The van der Waals surface area contributed by atoms with E-state index in [0.717, 1.165) is 11.6 Å². The Bertz CT molecular complexity index is 1270. The predicted octanol–water partition coefficient (Wildman–Crippen LogP) is 6.29. The Labute approximate surface area is 181 Å². The van der Waals surface area contributed by atoms with Gasteiger partial charge in [-0.2, -0.15) is 13.2 Å². The van der Waals surface area contributed by atoms with Crippen LogP contribution in [0.2, 0.25) is 0 Å². The molecular formula is C24H17F3N2O3.